The number of aromatic amines is 2. The largest absolute Gasteiger partial charge is 0.453 e. The summed E-state index contributed by atoms with van der Waals surface area (Å²) in [6.45, 7) is 2.12. The van der Waals surface area contributed by atoms with Crippen LogP contribution in [0.15, 0.2) is 91.1 Å². The Morgan fingerprint density at radius 2 is 1.48 bits per heavy atom. The van der Waals surface area contributed by atoms with Crippen molar-refractivity contribution in [2.75, 3.05) is 27.9 Å². The molecule has 4 aliphatic rings. The summed E-state index contributed by atoms with van der Waals surface area (Å²) in [7, 11) is 3.94. The van der Waals surface area contributed by atoms with Crippen molar-refractivity contribution in [3.05, 3.63) is 119 Å². The summed E-state index contributed by atoms with van der Waals surface area (Å²) >= 11 is 0. The predicted octanol–water partition coefficient (Wildman–Crippen LogP) is 8.31. The van der Waals surface area contributed by atoms with Crippen molar-refractivity contribution < 1.29 is 42.2 Å². The van der Waals surface area contributed by atoms with Gasteiger partial charge in [-0.1, -0.05) is 60.7 Å². The third-order valence-electron chi connectivity index (χ3n) is 14.1. The van der Waals surface area contributed by atoms with Crippen LogP contribution < -0.4 is 10.6 Å². The van der Waals surface area contributed by atoms with Crippen LogP contribution in [-0.4, -0.2) is 99.8 Å². The molecule has 15 nitrogen and oxygen atoms in total. The number of methoxy groups -OCH3 is 3. The van der Waals surface area contributed by atoms with Crippen molar-refractivity contribution in [1.82, 2.24) is 40.4 Å². The molecule has 2 aliphatic heterocycles. The van der Waals surface area contributed by atoms with Crippen molar-refractivity contribution in [3.8, 4) is 33.5 Å². The van der Waals surface area contributed by atoms with Crippen LogP contribution in [0.3, 0.4) is 0 Å². The lowest BCUT2D eigenvalue weighted by molar-refractivity contribution is -0.138. The minimum absolute atomic E-state index is 0.00906. The van der Waals surface area contributed by atoms with Crippen LogP contribution in [0.25, 0.3) is 44.5 Å². The van der Waals surface area contributed by atoms with Crippen LogP contribution in [0.4, 0.5) is 18.4 Å². The number of carbonyl (C=O) groups excluding carboxylic acids is 4. The Balaban J connectivity index is 0.890. The normalized spacial score (nSPS) is 21.4. The van der Waals surface area contributed by atoms with Gasteiger partial charge in [0, 0.05) is 36.4 Å². The van der Waals surface area contributed by atoms with Crippen molar-refractivity contribution in [2.24, 2.45) is 5.92 Å². The molecule has 4 aromatic carbocycles. The minimum atomic E-state index is -3.31. The number of hydrogen-bond acceptors (Lipinski definition) is 9. The molecule has 0 radical (unpaired) electrons. The van der Waals surface area contributed by atoms with Crippen molar-refractivity contribution in [3.63, 3.8) is 0 Å². The van der Waals surface area contributed by atoms with Gasteiger partial charge in [0.2, 0.25) is 5.91 Å². The first kappa shape index (κ1) is 43.7. The lowest BCUT2D eigenvalue weighted by Gasteiger charge is -2.36. The second-order valence-corrected chi connectivity index (χ2v) is 17.8. The number of carbonyl (C=O) groups is 4. The summed E-state index contributed by atoms with van der Waals surface area (Å²) in [5.74, 6) is -2.56. The number of ether oxygens (including phenoxy) is 3. The fraction of sp³-hybridized carbons (Fsp3) is 0.360. The number of alkyl carbamates (subject to hydrolysis) is 2. The number of hydrogen-bond donors (Lipinski definition) is 4. The molecule has 0 spiro atoms. The van der Waals surface area contributed by atoms with Gasteiger partial charge < -0.3 is 44.6 Å². The second-order valence-electron chi connectivity index (χ2n) is 17.8. The quantitative estimate of drug-likeness (QED) is 0.0993. The molecule has 1 saturated carbocycles. The van der Waals surface area contributed by atoms with Gasteiger partial charge >= 0.3 is 12.2 Å². The summed E-state index contributed by atoms with van der Waals surface area (Å²) in [6.07, 6.45) is 3.44. The first-order valence-electron chi connectivity index (χ1n) is 22.5. The molecular formula is C50H50F2N8O7. The summed E-state index contributed by atoms with van der Waals surface area (Å²) in [5, 5.41) is 5.33. The van der Waals surface area contributed by atoms with E-state index in [1.54, 1.807) is 54.4 Å². The van der Waals surface area contributed by atoms with Gasteiger partial charge in [-0.25, -0.2) is 19.6 Å². The molecule has 2 aliphatic carbocycles. The topological polar surface area (TPSA) is 184 Å². The Morgan fingerprint density at radius 3 is 2.21 bits per heavy atom. The Labute approximate surface area is 384 Å². The Bertz CT molecular complexity index is 2900. The number of H-pyrrole nitrogens is 2. The van der Waals surface area contributed by atoms with Crippen LogP contribution in [0.5, 0.6) is 0 Å². The molecule has 17 heteroatoms. The maximum Gasteiger partial charge on any atom is 0.407 e. The average molecular weight is 913 g/mol. The molecule has 7 atom stereocenters. The van der Waals surface area contributed by atoms with E-state index < -0.39 is 42.3 Å². The van der Waals surface area contributed by atoms with Gasteiger partial charge in [0.15, 0.2) is 0 Å². The van der Waals surface area contributed by atoms with Gasteiger partial charge in [0.25, 0.3) is 11.8 Å². The number of nitrogens with one attached hydrogen (secondary N) is 4. The number of alkyl halides is 2. The van der Waals surface area contributed by atoms with E-state index in [4.69, 9.17) is 19.2 Å². The molecule has 4 N–H and O–H groups in total. The van der Waals surface area contributed by atoms with E-state index in [0.29, 0.717) is 75.6 Å². The van der Waals surface area contributed by atoms with E-state index >= 15 is 8.78 Å². The summed E-state index contributed by atoms with van der Waals surface area (Å²) in [4.78, 5) is 72.6. The molecule has 2 saturated heterocycles. The number of halogens is 2. The first-order chi connectivity index (χ1) is 32.4. The summed E-state index contributed by atoms with van der Waals surface area (Å²) < 4.78 is 48.3. The highest BCUT2D eigenvalue weighted by molar-refractivity contribution is 5.90. The maximum atomic E-state index is 16.7. The third-order valence-corrected chi connectivity index (χ3v) is 14.1. The van der Waals surface area contributed by atoms with Gasteiger partial charge in [-0.3, -0.25) is 9.59 Å². The molecule has 3 fully saturated rings. The molecular weight excluding hydrogens is 863 g/mol. The van der Waals surface area contributed by atoms with E-state index in [2.05, 4.69) is 25.6 Å². The summed E-state index contributed by atoms with van der Waals surface area (Å²) in [6, 6.07) is 22.1. The number of piperidine rings is 1. The fourth-order valence-electron chi connectivity index (χ4n) is 10.7. The number of amides is 4. The maximum absolute atomic E-state index is 16.7. The van der Waals surface area contributed by atoms with E-state index in [1.165, 1.54) is 27.4 Å². The average Bonchev–Trinajstić information content (AvgIpc) is 4.23. The highest BCUT2D eigenvalue weighted by Crippen LogP contribution is 2.53. The first-order valence-corrected chi connectivity index (χ1v) is 22.5. The zero-order chi connectivity index (χ0) is 46.7. The number of likely N-dealkylation sites (tertiary alicyclic amines) is 2. The lowest BCUT2D eigenvalue weighted by Crippen LogP contribution is -2.54. The van der Waals surface area contributed by atoms with Crippen molar-refractivity contribution >= 4 is 35.0 Å². The fourth-order valence-corrected chi connectivity index (χ4v) is 10.7. The Kier molecular flexibility index (Phi) is 11.3. The zero-order valence-electron chi connectivity index (χ0n) is 37.3. The Morgan fingerprint density at radius 1 is 0.791 bits per heavy atom. The molecule has 6 aromatic rings. The molecule has 10 rings (SSSR count). The van der Waals surface area contributed by atoms with E-state index in [1.807, 2.05) is 47.4 Å². The predicted molar refractivity (Wildman–Crippen MR) is 242 cm³/mol. The van der Waals surface area contributed by atoms with E-state index in [9.17, 15) is 19.2 Å². The lowest BCUT2D eigenvalue weighted by atomic mass is 9.96. The van der Waals surface area contributed by atoms with Crippen LogP contribution in [0, 0.1) is 5.92 Å². The number of rotatable bonds is 11. The number of fused-ring (bicyclic) bond motifs is 6. The molecule has 2 unspecified atom stereocenters. The van der Waals surface area contributed by atoms with Crippen LogP contribution in [0.1, 0.15) is 85.5 Å². The smallest absolute Gasteiger partial charge is 0.407 e. The zero-order valence-corrected chi connectivity index (χ0v) is 37.3. The summed E-state index contributed by atoms with van der Waals surface area (Å²) in [5.41, 5.74) is 5.08. The second kappa shape index (κ2) is 17.3. The number of benzene rings is 4. The molecule has 2 aromatic heterocycles. The SMILES string of the molecule is COC(=O)N[C@H](C(=O)N1CCCC1c1ncc(-c2ccc3c(c2)C(F)(F)c2cc(-c4ccc5nc([C@@H]6C7CC[C@H](C7)N6C(=O)[C@H](NC(=O)OC)c6ccccc6)[nH]c5c4)ccc2-3)[nH]1)[C@@H](C)OC. The van der Waals surface area contributed by atoms with Crippen molar-refractivity contribution in [2.45, 2.75) is 81.3 Å². The molecule has 4 amide bonds. The van der Waals surface area contributed by atoms with Gasteiger partial charge in [-0.15, -0.1) is 0 Å². The molecule has 4 heterocycles. The minimum Gasteiger partial charge on any atom is -0.453 e. The number of aromatic nitrogens is 4. The highest BCUT2D eigenvalue weighted by atomic mass is 19.3. The molecule has 2 bridgehead atoms. The monoisotopic (exact) mass is 912 g/mol. The van der Waals surface area contributed by atoms with Crippen LogP contribution in [-0.2, 0) is 29.7 Å². The van der Waals surface area contributed by atoms with Gasteiger partial charge in [0.1, 0.15) is 23.7 Å². The highest BCUT2D eigenvalue weighted by Gasteiger charge is 2.52. The van der Waals surface area contributed by atoms with Gasteiger partial charge in [-0.05, 0) is 97.0 Å². The Hall–Kier alpha value is -7.14. The molecule has 67 heavy (non-hydrogen) atoms. The molecule has 346 valence electrons. The van der Waals surface area contributed by atoms with Crippen molar-refractivity contribution in [1.29, 1.82) is 0 Å². The number of nitrogens with zero attached hydrogens (tertiary/aromatic N) is 4. The van der Waals surface area contributed by atoms with Crippen LogP contribution in [0.2, 0.25) is 0 Å². The van der Waals surface area contributed by atoms with E-state index in [-0.39, 0.29) is 40.9 Å². The van der Waals surface area contributed by atoms with Gasteiger partial charge in [0.05, 0.1) is 55.3 Å². The number of imidazole rings is 2. The van der Waals surface area contributed by atoms with Crippen LogP contribution >= 0.6 is 0 Å². The van der Waals surface area contributed by atoms with Gasteiger partial charge in [-0.2, -0.15) is 8.78 Å². The van der Waals surface area contributed by atoms with E-state index in [0.717, 1.165) is 24.8 Å². The third kappa shape index (κ3) is 7.64. The standard InChI is InChI=1S/C50H50F2N8O7/c1-26(65-2)41(57-48(63)66-3)46(61)59-20-8-11-40(59)44-53-25-39(56-44)30-14-18-34-33-17-13-28(22-35(33)50(51,52)36(34)23-30)29-15-19-37-38(24-29)55-45(54-37)43-31-12-16-32(21-31)60(43)47(62)42(58-49(64)67-4)27-9-6-5-7-10-27/h5-7,9-10,13-15,17-19,22-26,31-32,40-43H,8,11-12,16,20-21H2,1-4H3,(H,53,56)(H,54,55)(H,57,63)(H,58,64)/t26-,31?,32-,40?,41+,42-,43+/m1/s1.